The second kappa shape index (κ2) is 5.88. The summed E-state index contributed by atoms with van der Waals surface area (Å²) in [7, 11) is 1.55. The first-order valence-electron chi connectivity index (χ1n) is 6.21. The lowest BCUT2D eigenvalue weighted by molar-refractivity contribution is -0.143. The molecule has 1 saturated heterocycles. The molecule has 1 aromatic rings. The summed E-state index contributed by atoms with van der Waals surface area (Å²) < 4.78 is 10.3. The van der Waals surface area contributed by atoms with Gasteiger partial charge in [0.15, 0.2) is 5.76 Å². The first-order valence-corrected chi connectivity index (χ1v) is 6.21. The summed E-state index contributed by atoms with van der Waals surface area (Å²) in [6.45, 7) is 1.13. The smallest absolute Gasteiger partial charge is 0.308 e. The Hall–Kier alpha value is -1.82. The number of carbonyl (C=O) groups excluding carboxylic acids is 1. The predicted octanol–water partition coefficient (Wildman–Crippen LogP) is 1.36. The van der Waals surface area contributed by atoms with Crippen molar-refractivity contribution in [2.24, 2.45) is 5.92 Å². The van der Waals surface area contributed by atoms with Crippen LogP contribution in [0.1, 0.15) is 29.2 Å². The van der Waals surface area contributed by atoms with E-state index in [0.29, 0.717) is 31.8 Å². The number of rotatable bonds is 4. The second-order valence-corrected chi connectivity index (χ2v) is 4.63. The van der Waals surface area contributed by atoms with E-state index in [1.54, 1.807) is 19.2 Å². The van der Waals surface area contributed by atoms with Gasteiger partial charge in [0.2, 0.25) is 0 Å². The van der Waals surface area contributed by atoms with Crippen LogP contribution >= 0.6 is 0 Å². The Morgan fingerprint density at radius 3 is 3.00 bits per heavy atom. The molecule has 1 atom stereocenters. The predicted molar refractivity (Wildman–Crippen MR) is 65.7 cm³/mol. The molecule has 0 aliphatic carbocycles. The largest absolute Gasteiger partial charge is 0.481 e. The summed E-state index contributed by atoms with van der Waals surface area (Å²) in [5.41, 5.74) is 0. The van der Waals surface area contributed by atoms with Gasteiger partial charge in [0.1, 0.15) is 12.4 Å². The number of hydrogen-bond donors (Lipinski definition) is 1. The van der Waals surface area contributed by atoms with Crippen molar-refractivity contribution in [3.8, 4) is 0 Å². The molecule has 1 aliphatic heterocycles. The van der Waals surface area contributed by atoms with Crippen molar-refractivity contribution in [3.63, 3.8) is 0 Å². The van der Waals surface area contributed by atoms with Crippen molar-refractivity contribution in [2.75, 3.05) is 20.2 Å². The van der Waals surface area contributed by atoms with Crippen LogP contribution in [0.3, 0.4) is 0 Å². The summed E-state index contributed by atoms with van der Waals surface area (Å²) in [4.78, 5) is 24.7. The molecule has 6 heteroatoms. The Bertz CT molecular complexity index is 467. The molecule has 1 aliphatic rings. The Kier molecular flexibility index (Phi) is 4.21. The van der Waals surface area contributed by atoms with E-state index in [1.165, 1.54) is 4.90 Å². The van der Waals surface area contributed by atoms with Gasteiger partial charge >= 0.3 is 5.97 Å². The molecule has 1 aromatic heterocycles. The summed E-state index contributed by atoms with van der Waals surface area (Å²) >= 11 is 0. The van der Waals surface area contributed by atoms with Gasteiger partial charge in [0.25, 0.3) is 5.91 Å². The van der Waals surface area contributed by atoms with E-state index in [4.69, 9.17) is 14.3 Å². The molecule has 1 N–H and O–H groups in total. The molecule has 104 valence electrons. The van der Waals surface area contributed by atoms with Gasteiger partial charge in [-0.15, -0.1) is 0 Å². The van der Waals surface area contributed by atoms with Gasteiger partial charge in [-0.2, -0.15) is 0 Å². The molecular weight excluding hydrogens is 250 g/mol. The van der Waals surface area contributed by atoms with Crippen LogP contribution in [0.25, 0.3) is 0 Å². The van der Waals surface area contributed by atoms with Gasteiger partial charge in [-0.05, 0) is 25.0 Å². The molecule has 0 aromatic carbocycles. The molecule has 2 heterocycles. The third kappa shape index (κ3) is 3.14. The normalized spacial score (nSPS) is 19.4. The van der Waals surface area contributed by atoms with Gasteiger partial charge in [-0.3, -0.25) is 9.59 Å². The Morgan fingerprint density at radius 2 is 2.32 bits per heavy atom. The van der Waals surface area contributed by atoms with Crippen molar-refractivity contribution in [1.29, 1.82) is 0 Å². The lowest BCUT2D eigenvalue weighted by Crippen LogP contribution is -2.42. The standard InChI is InChI=1S/C13H17NO5/c1-18-8-10-4-5-11(19-10)12(15)14-6-2-3-9(7-14)13(16)17/h4-5,9H,2-3,6-8H2,1H3,(H,16,17). The zero-order valence-electron chi connectivity index (χ0n) is 10.8. The second-order valence-electron chi connectivity index (χ2n) is 4.63. The van der Waals surface area contributed by atoms with Crippen LogP contribution in [0.15, 0.2) is 16.5 Å². The van der Waals surface area contributed by atoms with E-state index in [2.05, 4.69) is 0 Å². The Morgan fingerprint density at radius 1 is 1.53 bits per heavy atom. The highest BCUT2D eigenvalue weighted by molar-refractivity contribution is 5.92. The molecule has 1 fully saturated rings. The lowest BCUT2D eigenvalue weighted by Gasteiger charge is -2.29. The van der Waals surface area contributed by atoms with Crippen molar-refractivity contribution in [2.45, 2.75) is 19.4 Å². The summed E-state index contributed by atoms with van der Waals surface area (Å²) in [6.07, 6.45) is 1.32. The number of hydrogen-bond acceptors (Lipinski definition) is 4. The molecule has 0 radical (unpaired) electrons. The number of nitrogens with zero attached hydrogens (tertiary/aromatic N) is 1. The van der Waals surface area contributed by atoms with Crippen LogP contribution in [0.5, 0.6) is 0 Å². The summed E-state index contributed by atoms with van der Waals surface area (Å²) in [5.74, 6) is -0.771. The minimum Gasteiger partial charge on any atom is -0.481 e. The maximum atomic E-state index is 12.2. The van der Waals surface area contributed by atoms with E-state index >= 15 is 0 Å². The maximum absolute atomic E-state index is 12.2. The van der Waals surface area contributed by atoms with Gasteiger partial charge < -0.3 is 19.2 Å². The molecule has 1 unspecified atom stereocenters. The van der Waals surface area contributed by atoms with E-state index in [1.807, 2.05) is 0 Å². The van der Waals surface area contributed by atoms with Gasteiger partial charge in [-0.1, -0.05) is 0 Å². The fraction of sp³-hybridized carbons (Fsp3) is 0.538. The van der Waals surface area contributed by atoms with Crippen LogP contribution in [0.4, 0.5) is 0 Å². The third-order valence-corrected chi connectivity index (χ3v) is 3.22. The highest BCUT2D eigenvalue weighted by Crippen LogP contribution is 2.20. The average molecular weight is 267 g/mol. The lowest BCUT2D eigenvalue weighted by atomic mass is 9.98. The first kappa shape index (κ1) is 13.6. The van der Waals surface area contributed by atoms with Crippen LogP contribution in [-0.4, -0.2) is 42.1 Å². The first-order chi connectivity index (χ1) is 9.11. The summed E-state index contributed by atoms with van der Waals surface area (Å²) in [6, 6.07) is 3.29. The summed E-state index contributed by atoms with van der Waals surface area (Å²) in [5, 5.41) is 9.00. The number of carbonyl (C=O) groups is 2. The highest BCUT2D eigenvalue weighted by atomic mass is 16.5. The maximum Gasteiger partial charge on any atom is 0.308 e. The quantitative estimate of drug-likeness (QED) is 0.891. The third-order valence-electron chi connectivity index (χ3n) is 3.22. The molecule has 19 heavy (non-hydrogen) atoms. The number of aliphatic carboxylic acids is 1. The highest BCUT2D eigenvalue weighted by Gasteiger charge is 2.29. The van der Waals surface area contributed by atoms with E-state index in [9.17, 15) is 9.59 Å². The number of carboxylic acids is 1. The van der Waals surface area contributed by atoms with Crippen molar-refractivity contribution in [3.05, 3.63) is 23.7 Å². The number of likely N-dealkylation sites (tertiary alicyclic amines) is 1. The van der Waals surface area contributed by atoms with Crippen LogP contribution < -0.4 is 0 Å². The van der Waals surface area contributed by atoms with Crippen LogP contribution in [0.2, 0.25) is 0 Å². The molecule has 2 rings (SSSR count). The number of methoxy groups -OCH3 is 1. The monoisotopic (exact) mass is 267 g/mol. The van der Waals surface area contributed by atoms with Crippen molar-refractivity contribution < 1.29 is 23.8 Å². The van der Waals surface area contributed by atoms with Gasteiger partial charge in [-0.25, -0.2) is 0 Å². The molecule has 6 nitrogen and oxygen atoms in total. The SMILES string of the molecule is COCc1ccc(C(=O)N2CCCC(C(=O)O)C2)o1. The zero-order valence-corrected chi connectivity index (χ0v) is 10.8. The Labute approximate surface area is 110 Å². The number of carboxylic acid groups (broad SMARTS) is 1. The van der Waals surface area contributed by atoms with E-state index < -0.39 is 11.9 Å². The van der Waals surface area contributed by atoms with Gasteiger partial charge in [0, 0.05) is 20.2 Å². The van der Waals surface area contributed by atoms with Crippen LogP contribution in [0, 0.1) is 5.92 Å². The topological polar surface area (TPSA) is 80.0 Å². The van der Waals surface area contributed by atoms with E-state index in [0.717, 1.165) is 0 Å². The fourth-order valence-electron chi connectivity index (χ4n) is 2.23. The van der Waals surface area contributed by atoms with Crippen molar-refractivity contribution >= 4 is 11.9 Å². The van der Waals surface area contributed by atoms with Gasteiger partial charge in [0.05, 0.1) is 5.92 Å². The molecular formula is C13H17NO5. The van der Waals surface area contributed by atoms with Crippen LogP contribution in [-0.2, 0) is 16.1 Å². The fourth-order valence-corrected chi connectivity index (χ4v) is 2.23. The molecule has 0 bridgehead atoms. The minimum atomic E-state index is -0.850. The minimum absolute atomic E-state index is 0.234. The molecule has 1 amide bonds. The van der Waals surface area contributed by atoms with E-state index in [-0.39, 0.29) is 18.2 Å². The Balaban J connectivity index is 2.03. The zero-order chi connectivity index (χ0) is 13.8. The number of ether oxygens (including phenoxy) is 1. The molecule has 0 spiro atoms. The van der Waals surface area contributed by atoms with Crippen molar-refractivity contribution in [1.82, 2.24) is 4.90 Å². The average Bonchev–Trinajstić information content (AvgIpc) is 2.87. The number of piperidine rings is 1. The number of amides is 1. The number of furan rings is 1. The molecule has 0 saturated carbocycles.